The number of hydrogen-bond donors (Lipinski definition) is 1. The molecule has 0 radical (unpaired) electrons. The van der Waals surface area contributed by atoms with Gasteiger partial charge in [-0.05, 0) is 74.3 Å². The average Bonchev–Trinajstić information content (AvgIpc) is 3.85. The number of benzene rings is 7. The van der Waals surface area contributed by atoms with Crippen molar-refractivity contribution in [3.63, 3.8) is 0 Å². The predicted molar refractivity (Wildman–Crippen MR) is 227 cm³/mol. The first-order chi connectivity index (χ1) is 27.0. The molecule has 4 heterocycles. The lowest BCUT2D eigenvalue weighted by Gasteiger charge is -2.22. The number of nitrogens with zero attached hydrogens (tertiary/aromatic N) is 3. The highest BCUT2D eigenvalue weighted by Crippen LogP contribution is 2.49. The van der Waals surface area contributed by atoms with E-state index in [0.29, 0.717) is 18.1 Å². The van der Waals surface area contributed by atoms with Crippen molar-refractivity contribution in [2.45, 2.75) is 19.3 Å². The molecule has 5 heteroatoms. The zero-order valence-corrected chi connectivity index (χ0v) is 30.4. The molecule has 5 nitrogen and oxygen atoms in total. The molecule has 1 aliphatic heterocycles. The lowest BCUT2D eigenvalue weighted by atomic mass is 9.82. The number of hydrogen-bond acceptors (Lipinski definition) is 4. The van der Waals surface area contributed by atoms with E-state index in [1.165, 1.54) is 65.6 Å². The van der Waals surface area contributed by atoms with E-state index in [-0.39, 0.29) is 5.41 Å². The Kier molecular flexibility index (Phi) is 6.11. The van der Waals surface area contributed by atoms with Crippen LogP contribution in [0.15, 0.2) is 156 Å². The number of rotatable bonds is 3. The van der Waals surface area contributed by atoms with Crippen molar-refractivity contribution in [3.8, 4) is 22.5 Å². The first-order valence-electron chi connectivity index (χ1n) is 19.0. The smallest absolute Gasteiger partial charge is 0.231 e. The summed E-state index contributed by atoms with van der Waals surface area (Å²) >= 11 is 0. The monoisotopic (exact) mass is 706 g/mol. The van der Waals surface area contributed by atoms with Gasteiger partial charge in [0, 0.05) is 39.1 Å². The van der Waals surface area contributed by atoms with Gasteiger partial charge in [0.05, 0.1) is 22.1 Å². The van der Waals surface area contributed by atoms with Gasteiger partial charge in [-0.25, -0.2) is 4.98 Å². The van der Waals surface area contributed by atoms with E-state index >= 15 is 0 Å². The third kappa shape index (κ3) is 4.29. The van der Waals surface area contributed by atoms with Crippen LogP contribution in [0.2, 0.25) is 0 Å². The van der Waals surface area contributed by atoms with Gasteiger partial charge in [0.15, 0.2) is 5.82 Å². The minimum Gasteiger partial charge on any atom is -0.438 e. The largest absolute Gasteiger partial charge is 0.438 e. The summed E-state index contributed by atoms with van der Waals surface area (Å²) < 4.78 is 8.87. The summed E-state index contributed by atoms with van der Waals surface area (Å²) in [5.41, 5.74) is 11.8. The molecule has 2 aliphatic rings. The summed E-state index contributed by atoms with van der Waals surface area (Å²) in [5.74, 6) is 1.69. The second-order valence-electron chi connectivity index (χ2n) is 15.4. The van der Waals surface area contributed by atoms with E-state index in [1.807, 2.05) is 12.1 Å². The molecule has 55 heavy (non-hydrogen) atoms. The number of dihydropyridines is 1. The van der Waals surface area contributed by atoms with Crippen molar-refractivity contribution in [1.29, 1.82) is 0 Å². The molecule has 0 atom stereocenters. The average molecular weight is 707 g/mol. The van der Waals surface area contributed by atoms with Crippen molar-refractivity contribution in [2.75, 3.05) is 6.54 Å². The Morgan fingerprint density at radius 3 is 2.22 bits per heavy atom. The minimum absolute atomic E-state index is 0.129. The van der Waals surface area contributed by atoms with E-state index < -0.39 is 0 Å². The highest BCUT2D eigenvalue weighted by atomic mass is 16.3. The topological polar surface area (TPSA) is 55.9 Å². The lowest BCUT2D eigenvalue weighted by molar-refractivity contribution is 0.653. The van der Waals surface area contributed by atoms with Gasteiger partial charge in [0.25, 0.3) is 0 Å². The number of nitrogens with one attached hydrogen (secondary N) is 1. The van der Waals surface area contributed by atoms with Gasteiger partial charge >= 0.3 is 0 Å². The second-order valence-corrected chi connectivity index (χ2v) is 15.4. The Morgan fingerprint density at radius 2 is 1.36 bits per heavy atom. The highest BCUT2D eigenvalue weighted by molar-refractivity contribution is 6.21. The zero-order chi connectivity index (χ0) is 36.4. The molecule has 1 N–H and O–H groups in total. The molecule has 0 saturated carbocycles. The first kappa shape index (κ1) is 30.5. The summed E-state index contributed by atoms with van der Waals surface area (Å²) in [5, 5.41) is 13.2. The zero-order valence-electron chi connectivity index (χ0n) is 30.4. The van der Waals surface area contributed by atoms with Crippen molar-refractivity contribution in [1.82, 2.24) is 19.9 Å². The minimum atomic E-state index is -0.129. The summed E-state index contributed by atoms with van der Waals surface area (Å²) in [6.07, 6.45) is 4.44. The van der Waals surface area contributed by atoms with Crippen molar-refractivity contribution >= 4 is 76.8 Å². The fourth-order valence-corrected chi connectivity index (χ4v) is 9.34. The number of fused-ring (bicyclic) bond motifs is 12. The Bertz CT molecular complexity index is 3360. The molecule has 0 fully saturated rings. The normalized spacial score (nSPS) is 14.8. The van der Waals surface area contributed by atoms with E-state index in [0.717, 1.165) is 39.0 Å². The Morgan fingerprint density at radius 1 is 0.618 bits per heavy atom. The highest BCUT2D eigenvalue weighted by Gasteiger charge is 2.35. The van der Waals surface area contributed by atoms with Crippen LogP contribution in [0.1, 0.15) is 30.7 Å². The summed E-state index contributed by atoms with van der Waals surface area (Å²) in [4.78, 5) is 10.5. The molecule has 3 aromatic heterocycles. The molecular weight excluding hydrogens is 673 g/mol. The van der Waals surface area contributed by atoms with Crippen LogP contribution in [0, 0.1) is 0 Å². The number of para-hydroxylation sites is 1. The van der Waals surface area contributed by atoms with Crippen LogP contribution < -0.4 is 5.32 Å². The molecule has 260 valence electrons. The second kappa shape index (κ2) is 11.0. The first-order valence-corrected chi connectivity index (χ1v) is 19.0. The predicted octanol–water partition coefficient (Wildman–Crippen LogP) is 12.2. The molecule has 0 bridgehead atoms. The van der Waals surface area contributed by atoms with Crippen LogP contribution in [0.25, 0.3) is 99.3 Å². The van der Waals surface area contributed by atoms with Crippen molar-refractivity contribution in [3.05, 3.63) is 168 Å². The number of aromatic nitrogens is 3. The quantitative estimate of drug-likeness (QED) is 0.199. The van der Waals surface area contributed by atoms with Gasteiger partial charge in [0.1, 0.15) is 11.4 Å². The number of allylic oxidation sites excluding steroid dienone is 2. The van der Waals surface area contributed by atoms with Crippen LogP contribution in [0.4, 0.5) is 0 Å². The van der Waals surface area contributed by atoms with Gasteiger partial charge in [-0.15, -0.1) is 0 Å². The molecule has 7 aromatic carbocycles. The molecule has 0 spiro atoms. The molecular formula is C50H34N4O. The van der Waals surface area contributed by atoms with Gasteiger partial charge in [-0.3, -0.25) is 4.57 Å². The van der Waals surface area contributed by atoms with Gasteiger partial charge in [-0.2, -0.15) is 4.98 Å². The van der Waals surface area contributed by atoms with Gasteiger partial charge in [0.2, 0.25) is 5.71 Å². The summed E-state index contributed by atoms with van der Waals surface area (Å²) in [7, 11) is 0. The number of furan rings is 1. The Balaban J connectivity index is 1.06. The van der Waals surface area contributed by atoms with Crippen molar-refractivity contribution in [2.24, 2.45) is 0 Å². The fourth-order valence-electron chi connectivity index (χ4n) is 9.34. The van der Waals surface area contributed by atoms with Gasteiger partial charge < -0.3 is 9.73 Å². The SMILES string of the molecule is CC1(C)c2ccccc2-c2ccc(-c3nc(C4=CC=C(n5c6cc7ccccc7cc6c6ccc7ccccc7c65)NC4)c4c(n3)oc3ccccc34)cc21. The standard InChI is InChI=1S/C50H34N4O/c1-50(2)40-17-9-7-15-35(40)36-22-20-32(26-41(36)50)48-52-46(45-38-16-8-10-18-43(38)55-49(45)53-48)33-21-24-44(51-28-33)54-42-27-31-13-4-3-12-30(31)25-39(42)37-23-19-29-11-5-6-14-34(29)47(37)54/h3-27,51H,28H2,1-2H3. The molecule has 12 rings (SSSR count). The molecule has 0 saturated heterocycles. The Labute approximate surface area is 316 Å². The third-order valence-corrected chi connectivity index (χ3v) is 12.0. The van der Waals surface area contributed by atoms with Crippen LogP contribution in [-0.2, 0) is 5.41 Å². The molecule has 1 aliphatic carbocycles. The van der Waals surface area contributed by atoms with E-state index in [4.69, 9.17) is 14.4 Å². The van der Waals surface area contributed by atoms with Crippen molar-refractivity contribution < 1.29 is 4.42 Å². The summed E-state index contributed by atoms with van der Waals surface area (Å²) in [6, 6.07) is 50.1. The van der Waals surface area contributed by atoms with E-state index in [9.17, 15) is 0 Å². The van der Waals surface area contributed by atoms with Crippen LogP contribution in [-0.4, -0.2) is 21.1 Å². The molecule has 10 aromatic rings. The third-order valence-electron chi connectivity index (χ3n) is 12.0. The Hall–Kier alpha value is -6.98. The molecule has 0 unspecified atom stereocenters. The molecule has 0 amide bonds. The van der Waals surface area contributed by atoms with Gasteiger partial charge in [-0.1, -0.05) is 135 Å². The van der Waals surface area contributed by atoms with Crippen LogP contribution in [0.5, 0.6) is 0 Å². The maximum Gasteiger partial charge on any atom is 0.231 e. The lowest BCUT2D eigenvalue weighted by Crippen LogP contribution is -2.22. The fraction of sp³-hybridized carbons (Fsp3) is 0.0800. The van der Waals surface area contributed by atoms with E-state index in [1.54, 1.807) is 0 Å². The van der Waals surface area contributed by atoms with E-state index in [2.05, 4.69) is 163 Å². The maximum absolute atomic E-state index is 6.46. The van der Waals surface area contributed by atoms with Crippen LogP contribution in [0.3, 0.4) is 0 Å². The summed E-state index contributed by atoms with van der Waals surface area (Å²) in [6.45, 7) is 5.20. The maximum atomic E-state index is 6.46. The van der Waals surface area contributed by atoms with Crippen LogP contribution >= 0.6 is 0 Å².